The van der Waals surface area contributed by atoms with Gasteiger partial charge in [0, 0.05) is 6.07 Å². The van der Waals surface area contributed by atoms with Gasteiger partial charge in [0.1, 0.15) is 11.7 Å². The van der Waals surface area contributed by atoms with Gasteiger partial charge in [-0.05, 0) is 18.9 Å². The van der Waals surface area contributed by atoms with Crippen molar-refractivity contribution in [1.29, 1.82) is 0 Å². The molecule has 0 aliphatic carbocycles. The molecule has 0 bridgehead atoms. The van der Waals surface area contributed by atoms with Crippen molar-refractivity contribution in [2.75, 3.05) is 0 Å². The average Bonchev–Trinajstić information content (AvgIpc) is 3.23. The molecule has 6 N–H and O–H groups in total. The lowest BCUT2D eigenvalue weighted by Gasteiger charge is -2.28. The van der Waals surface area contributed by atoms with E-state index in [2.05, 4.69) is 21.0 Å². The maximum absolute atomic E-state index is 12.8. The number of urea groups is 1. The maximum Gasteiger partial charge on any atom is 0.432 e. The van der Waals surface area contributed by atoms with E-state index in [1.54, 1.807) is 42.4 Å². The maximum atomic E-state index is 12.8. The number of amides is 4. The van der Waals surface area contributed by atoms with Crippen LogP contribution in [0.25, 0.3) is 0 Å². The largest absolute Gasteiger partial charge is 0.432 e. The van der Waals surface area contributed by atoms with E-state index in [9.17, 15) is 27.6 Å². The van der Waals surface area contributed by atoms with Crippen LogP contribution in [0.3, 0.4) is 0 Å². The summed E-state index contributed by atoms with van der Waals surface area (Å²) in [6.07, 6.45) is -3.73. The second-order valence-electron chi connectivity index (χ2n) is 7.17. The van der Waals surface area contributed by atoms with Crippen LogP contribution in [-0.4, -0.2) is 40.1 Å². The molecular weight excluding hydrogens is 429 g/mol. The topological polar surface area (TPSA) is 142 Å². The van der Waals surface area contributed by atoms with E-state index in [-0.39, 0.29) is 0 Å². The lowest BCUT2D eigenvalue weighted by atomic mass is 9.99. The number of aromatic amines is 1. The Morgan fingerprint density at radius 1 is 1.12 bits per heavy atom. The van der Waals surface area contributed by atoms with Crippen LogP contribution in [0, 0.1) is 0 Å². The first kappa shape index (κ1) is 24.7. The predicted molar refractivity (Wildman–Crippen MR) is 109 cm³/mol. The minimum Gasteiger partial charge on any atom is -0.352 e. The van der Waals surface area contributed by atoms with Gasteiger partial charge in [0.25, 0.3) is 5.91 Å². The first-order chi connectivity index (χ1) is 15.0. The Balaban J connectivity index is 2.21. The number of hydrogen-bond acceptors (Lipinski definition) is 4. The van der Waals surface area contributed by atoms with Crippen molar-refractivity contribution in [1.82, 2.24) is 26.1 Å². The van der Waals surface area contributed by atoms with E-state index in [0.29, 0.717) is 24.5 Å². The number of halogens is 3. The first-order valence-corrected chi connectivity index (χ1v) is 9.87. The van der Waals surface area contributed by atoms with Gasteiger partial charge in [-0.2, -0.15) is 18.3 Å². The standard InChI is InChI=1S/C20H25F3N6O3/c1-3-7-13(26-19(24)32)17(30)27-16(12-8-5-4-6-9-12)11(2)25-18(31)14-10-15(29-28-14)20(21,22)23/h4-6,8-11,13,16H,3,7H2,1-2H3,(H,25,31)(H,27,30)(H,28,29)(H3,24,26,32). The van der Waals surface area contributed by atoms with Crippen molar-refractivity contribution in [2.45, 2.75) is 51.0 Å². The highest BCUT2D eigenvalue weighted by Crippen LogP contribution is 2.27. The molecule has 0 fully saturated rings. The van der Waals surface area contributed by atoms with Gasteiger partial charge in [0.2, 0.25) is 5.91 Å². The molecule has 32 heavy (non-hydrogen) atoms. The van der Waals surface area contributed by atoms with E-state index in [4.69, 9.17) is 5.73 Å². The smallest absolute Gasteiger partial charge is 0.352 e. The Kier molecular flexibility index (Phi) is 8.21. The van der Waals surface area contributed by atoms with E-state index in [1.165, 1.54) is 0 Å². The van der Waals surface area contributed by atoms with Crippen molar-refractivity contribution >= 4 is 17.8 Å². The van der Waals surface area contributed by atoms with Gasteiger partial charge in [-0.3, -0.25) is 14.7 Å². The van der Waals surface area contributed by atoms with Crippen molar-refractivity contribution in [2.24, 2.45) is 5.73 Å². The monoisotopic (exact) mass is 454 g/mol. The number of rotatable bonds is 9. The summed E-state index contributed by atoms with van der Waals surface area (Å²) < 4.78 is 38.3. The van der Waals surface area contributed by atoms with Gasteiger partial charge in [0.15, 0.2) is 5.69 Å². The number of H-pyrrole nitrogens is 1. The third-order valence-electron chi connectivity index (χ3n) is 4.64. The molecule has 0 saturated carbocycles. The van der Waals surface area contributed by atoms with Crippen LogP contribution in [0.5, 0.6) is 0 Å². The summed E-state index contributed by atoms with van der Waals surface area (Å²) in [4.78, 5) is 36.5. The number of benzene rings is 1. The van der Waals surface area contributed by atoms with Crippen LogP contribution >= 0.6 is 0 Å². The van der Waals surface area contributed by atoms with Gasteiger partial charge in [-0.15, -0.1) is 0 Å². The highest BCUT2D eigenvalue weighted by Gasteiger charge is 2.34. The summed E-state index contributed by atoms with van der Waals surface area (Å²) >= 11 is 0. The summed E-state index contributed by atoms with van der Waals surface area (Å²) in [6.45, 7) is 3.42. The van der Waals surface area contributed by atoms with Crippen molar-refractivity contribution in [3.8, 4) is 0 Å². The van der Waals surface area contributed by atoms with Gasteiger partial charge in [-0.25, -0.2) is 4.79 Å². The normalized spacial score (nSPS) is 14.2. The van der Waals surface area contributed by atoms with Crippen molar-refractivity contribution in [3.05, 3.63) is 53.3 Å². The van der Waals surface area contributed by atoms with E-state index in [1.807, 2.05) is 6.92 Å². The van der Waals surface area contributed by atoms with Gasteiger partial charge in [-0.1, -0.05) is 43.7 Å². The summed E-state index contributed by atoms with van der Waals surface area (Å²) in [5.41, 5.74) is 4.20. The number of carbonyl (C=O) groups is 3. The number of nitrogens with two attached hydrogens (primary N) is 1. The molecule has 3 atom stereocenters. The number of hydrogen-bond donors (Lipinski definition) is 5. The van der Waals surface area contributed by atoms with E-state index >= 15 is 0 Å². The van der Waals surface area contributed by atoms with Crippen LogP contribution in [0.4, 0.5) is 18.0 Å². The molecule has 174 valence electrons. The van der Waals surface area contributed by atoms with E-state index in [0.717, 1.165) is 0 Å². The molecule has 1 heterocycles. The summed E-state index contributed by atoms with van der Waals surface area (Å²) in [6, 6.07) is 6.06. The molecule has 1 aromatic carbocycles. The zero-order valence-corrected chi connectivity index (χ0v) is 17.5. The molecule has 2 rings (SSSR count). The molecule has 0 radical (unpaired) electrons. The quantitative estimate of drug-likeness (QED) is 0.396. The number of primary amides is 1. The second-order valence-corrected chi connectivity index (χ2v) is 7.17. The van der Waals surface area contributed by atoms with Crippen molar-refractivity contribution in [3.63, 3.8) is 0 Å². The average molecular weight is 454 g/mol. The number of alkyl halides is 3. The van der Waals surface area contributed by atoms with Crippen LogP contribution in [0.2, 0.25) is 0 Å². The Morgan fingerprint density at radius 2 is 1.78 bits per heavy atom. The zero-order valence-electron chi connectivity index (χ0n) is 17.5. The van der Waals surface area contributed by atoms with Crippen LogP contribution in [0.1, 0.15) is 54.5 Å². The predicted octanol–water partition coefficient (Wildman–Crippen LogP) is 2.24. The van der Waals surface area contributed by atoms with Crippen LogP contribution in [0.15, 0.2) is 36.4 Å². The molecule has 3 unspecified atom stereocenters. The van der Waals surface area contributed by atoms with Crippen LogP contribution < -0.4 is 21.7 Å². The minimum atomic E-state index is -4.67. The number of carbonyl (C=O) groups excluding carboxylic acids is 3. The Labute approximate surface area is 182 Å². The van der Waals surface area contributed by atoms with Gasteiger partial charge >= 0.3 is 12.2 Å². The number of nitrogens with zero attached hydrogens (tertiary/aromatic N) is 1. The Hall–Kier alpha value is -3.57. The second kappa shape index (κ2) is 10.6. The molecule has 9 nitrogen and oxygen atoms in total. The molecule has 0 aliphatic rings. The molecular formula is C20H25F3N6O3. The Morgan fingerprint density at radius 3 is 2.31 bits per heavy atom. The Bertz CT molecular complexity index is 932. The van der Waals surface area contributed by atoms with Crippen molar-refractivity contribution < 1.29 is 27.6 Å². The van der Waals surface area contributed by atoms with E-state index < -0.39 is 53.5 Å². The highest BCUT2D eigenvalue weighted by molar-refractivity contribution is 5.92. The fraction of sp³-hybridized carbons (Fsp3) is 0.400. The summed E-state index contributed by atoms with van der Waals surface area (Å²) in [5.74, 6) is -1.36. The number of nitrogens with one attached hydrogen (secondary N) is 4. The van der Waals surface area contributed by atoms with Gasteiger partial charge < -0.3 is 21.7 Å². The molecule has 0 aliphatic heterocycles. The molecule has 12 heteroatoms. The van der Waals surface area contributed by atoms with Gasteiger partial charge in [0.05, 0.1) is 12.1 Å². The number of aromatic nitrogens is 2. The molecule has 2 aromatic rings. The fourth-order valence-electron chi connectivity index (χ4n) is 3.09. The summed E-state index contributed by atoms with van der Waals surface area (Å²) in [5, 5.41) is 12.9. The third kappa shape index (κ3) is 6.72. The zero-order chi connectivity index (χ0) is 23.9. The molecule has 0 saturated heterocycles. The summed E-state index contributed by atoms with van der Waals surface area (Å²) in [7, 11) is 0. The first-order valence-electron chi connectivity index (χ1n) is 9.87. The SMILES string of the molecule is CCCC(NC(N)=O)C(=O)NC(c1ccccc1)C(C)NC(=O)c1cc(C(F)(F)F)[nH]n1. The van der Waals surface area contributed by atoms with Crippen LogP contribution in [-0.2, 0) is 11.0 Å². The fourth-order valence-corrected chi connectivity index (χ4v) is 3.09. The highest BCUT2D eigenvalue weighted by atomic mass is 19.4. The lowest BCUT2D eigenvalue weighted by molar-refractivity contribution is -0.141. The molecule has 4 amide bonds. The minimum absolute atomic E-state index is 0.338. The molecule has 1 aromatic heterocycles. The third-order valence-corrected chi connectivity index (χ3v) is 4.64. The lowest BCUT2D eigenvalue weighted by Crippen LogP contribution is -2.52. The molecule has 0 spiro atoms.